The van der Waals surface area contributed by atoms with Gasteiger partial charge in [-0.15, -0.1) is 0 Å². The first-order valence-electron chi connectivity index (χ1n) is 9.08. The molecule has 0 aliphatic carbocycles. The Morgan fingerprint density at radius 2 is 1.78 bits per heavy atom. The van der Waals surface area contributed by atoms with Gasteiger partial charge >= 0.3 is 5.97 Å². The summed E-state index contributed by atoms with van der Waals surface area (Å²) >= 11 is 0. The molecule has 0 bridgehead atoms. The summed E-state index contributed by atoms with van der Waals surface area (Å²) < 4.78 is 11.0. The van der Waals surface area contributed by atoms with Crippen molar-refractivity contribution < 1.29 is 18.7 Å². The zero-order chi connectivity index (χ0) is 19.2. The minimum absolute atomic E-state index is 0.313. The third-order valence-corrected chi connectivity index (χ3v) is 4.49. The van der Waals surface area contributed by atoms with Crippen LogP contribution >= 0.6 is 0 Å². The summed E-state index contributed by atoms with van der Waals surface area (Å²) in [6.07, 6.45) is 0.611. The van der Waals surface area contributed by atoms with E-state index >= 15 is 0 Å². The fraction of sp³-hybridized carbons (Fsp3) is 0.273. The predicted octanol–water partition coefficient (Wildman–Crippen LogP) is 4.35. The first-order chi connectivity index (χ1) is 13.1. The molecule has 0 saturated carbocycles. The predicted molar refractivity (Wildman–Crippen MR) is 103 cm³/mol. The van der Waals surface area contributed by atoms with Gasteiger partial charge in [0.25, 0.3) is 5.91 Å². The number of hydrogen-bond acceptors (Lipinski definition) is 4. The van der Waals surface area contributed by atoms with Gasteiger partial charge in [-0.05, 0) is 31.0 Å². The summed E-state index contributed by atoms with van der Waals surface area (Å²) in [5, 5.41) is 3.78. The van der Waals surface area contributed by atoms with Crippen molar-refractivity contribution in [3.63, 3.8) is 0 Å². The van der Waals surface area contributed by atoms with Gasteiger partial charge in [0.1, 0.15) is 11.3 Å². The molecular weight excluding hydrogens is 342 g/mol. The van der Waals surface area contributed by atoms with Gasteiger partial charge in [-0.3, -0.25) is 9.59 Å². The standard InChI is InChI=1S/C22H23NO4/c1-3-18(16-9-5-4-6-10-16)22(25)26-14-21(24)23-15(2)20-13-17-11-7-8-12-19(17)27-20/h4-13,15,18H,3,14H2,1-2H3,(H,23,24)/t15-,18-/m0/s1. The number of amides is 1. The second kappa shape index (κ2) is 8.54. The number of carbonyl (C=O) groups excluding carboxylic acids is 2. The van der Waals surface area contributed by atoms with E-state index in [9.17, 15) is 9.59 Å². The second-order valence-electron chi connectivity index (χ2n) is 6.46. The van der Waals surface area contributed by atoms with Gasteiger partial charge in [-0.25, -0.2) is 0 Å². The van der Waals surface area contributed by atoms with E-state index in [1.54, 1.807) is 0 Å². The highest BCUT2D eigenvalue weighted by Crippen LogP contribution is 2.24. The number of hydrogen-bond donors (Lipinski definition) is 1. The number of para-hydroxylation sites is 1. The lowest BCUT2D eigenvalue weighted by atomic mass is 9.97. The summed E-state index contributed by atoms with van der Waals surface area (Å²) in [4.78, 5) is 24.5. The number of nitrogens with one attached hydrogen (secondary N) is 1. The van der Waals surface area contributed by atoms with Crippen LogP contribution in [0.1, 0.15) is 43.6 Å². The zero-order valence-electron chi connectivity index (χ0n) is 15.5. The summed E-state index contributed by atoms with van der Waals surface area (Å²) in [6.45, 7) is 3.44. The fourth-order valence-electron chi connectivity index (χ4n) is 3.03. The molecule has 27 heavy (non-hydrogen) atoms. The first kappa shape index (κ1) is 18.7. The maximum Gasteiger partial charge on any atom is 0.313 e. The molecule has 140 valence electrons. The average molecular weight is 365 g/mol. The molecule has 0 fully saturated rings. The van der Waals surface area contributed by atoms with Crippen LogP contribution in [-0.2, 0) is 14.3 Å². The van der Waals surface area contributed by atoms with Crippen LogP contribution in [-0.4, -0.2) is 18.5 Å². The summed E-state index contributed by atoms with van der Waals surface area (Å²) in [5.74, 6) is -0.465. The summed E-state index contributed by atoms with van der Waals surface area (Å²) in [7, 11) is 0. The molecular formula is C22H23NO4. The summed E-state index contributed by atoms with van der Waals surface area (Å²) in [5.41, 5.74) is 1.66. The highest BCUT2D eigenvalue weighted by molar-refractivity contribution is 5.84. The van der Waals surface area contributed by atoms with E-state index in [1.807, 2.05) is 74.5 Å². The Morgan fingerprint density at radius 3 is 2.48 bits per heavy atom. The molecule has 5 heteroatoms. The average Bonchev–Trinajstić information content (AvgIpc) is 3.12. The molecule has 1 aromatic heterocycles. The second-order valence-corrected chi connectivity index (χ2v) is 6.46. The third kappa shape index (κ3) is 4.56. The van der Waals surface area contributed by atoms with Crippen molar-refractivity contribution in [3.05, 3.63) is 72.0 Å². The molecule has 1 heterocycles. The SMILES string of the molecule is CC[C@H](C(=O)OCC(=O)N[C@@H](C)c1cc2ccccc2o1)c1ccccc1. The molecule has 1 N–H and O–H groups in total. The number of benzene rings is 2. The Morgan fingerprint density at radius 1 is 1.07 bits per heavy atom. The maximum absolute atomic E-state index is 12.3. The minimum atomic E-state index is -0.393. The molecule has 0 unspecified atom stereocenters. The largest absolute Gasteiger partial charge is 0.459 e. The number of fused-ring (bicyclic) bond motifs is 1. The van der Waals surface area contributed by atoms with Gasteiger partial charge in [0.05, 0.1) is 12.0 Å². The Bertz CT molecular complexity index is 883. The number of ether oxygens (including phenoxy) is 1. The highest BCUT2D eigenvalue weighted by Gasteiger charge is 2.21. The van der Waals surface area contributed by atoms with Crippen LogP contribution in [0.25, 0.3) is 11.0 Å². The number of furan rings is 1. The van der Waals surface area contributed by atoms with Gasteiger partial charge in [0, 0.05) is 5.39 Å². The van der Waals surface area contributed by atoms with Crippen LogP contribution < -0.4 is 5.32 Å². The molecule has 0 saturated heterocycles. The van der Waals surface area contributed by atoms with Gasteiger partial charge in [-0.1, -0.05) is 55.5 Å². The van der Waals surface area contributed by atoms with Crippen LogP contribution in [0.4, 0.5) is 0 Å². The Balaban J connectivity index is 1.54. The third-order valence-electron chi connectivity index (χ3n) is 4.49. The Kier molecular flexibility index (Phi) is 5.91. The molecule has 0 radical (unpaired) electrons. The smallest absolute Gasteiger partial charge is 0.313 e. The van der Waals surface area contributed by atoms with Gasteiger partial charge < -0.3 is 14.5 Å². The van der Waals surface area contributed by atoms with Crippen molar-refractivity contribution in [1.82, 2.24) is 5.32 Å². The van der Waals surface area contributed by atoms with Crippen molar-refractivity contribution in [2.75, 3.05) is 6.61 Å². The zero-order valence-corrected chi connectivity index (χ0v) is 15.5. The van der Waals surface area contributed by atoms with Crippen molar-refractivity contribution in [3.8, 4) is 0 Å². The minimum Gasteiger partial charge on any atom is -0.459 e. The topological polar surface area (TPSA) is 68.5 Å². The lowest BCUT2D eigenvalue weighted by Crippen LogP contribution is -2.31. The first-order valence-corrected chi connectivity index (χ1v) is 9.08. The molecule has 2 aromatic carbocycles. The Hall–Kier alpha value is -3.08. The Labute approximate surface area is 158 Å². The van der Waals surface area contributed by atoms with E-state index in [4.69, 9.17) is 9.15 Å². The van der Waals surface area contributed by atoms with Crippen molar-refractivity contribution in [2.45, 2.75) is 32.2 Å². The fourth-order valence-corrected chi connectivity index (χ4v) is 3.03. The van der Waals surface area contributed by atoms with Crippen molar-refractivity contribution in [2.24, 2.45) is 0 Å². The lowest BCUT2D eigenvalue weighted by molar-refractivity contribution is -0.150. The molecule has 0 aliphatic heterocycles. The molecule has 0 spiro atoms. The molecule has 5 nitrogen and oxygen atoms in total. The van der Waals surface area contributed by atoms with Gasteiger partial charge in [0.2, 0.25) is 0 Å². The molecule has 2 atom stereocenters. The van der Waals surface area contributed by atoms with Crippen LogP contribution in [0.5, 0.6) is 0 Å². The molecule has 0 aliphatic rings. The van der Waals surface area contributed by atoms with E-state index in [-0.39, 0.29) is 24.5 Å². The van der Waals surface area contributed by atoms with E-state index in [1.165, 1.54) is 0 Å². The van der Waals surface area contributed by atoms with Crippen molar-refractivity contribution in [1.29, 1.82) is 0 Å². The molecule has 1 amide bonds. The normalized spacial score (nSPS) is 13.1. The van der Waals surface area contributed by atoms with Gasteiger partial charge in [0.15, 0.2) is 6.61 Å². The van der Waals surface area contributed by atoms with Crippen LogP contribution in [0.15, 0.2) is 65.1 Å². The van der Waals surface area contributed by atoms with Crippen LogP contribution in [0.3, 0.4) is 0 Å². The quantitative estimate of drug-likeness (QED) is 0.632. The number of rotatable bonds is 7. The van der Waals surface area contributed by atoms with Crippen LogP contribution in [0.2, 0.25) is 0 Å². The maximum atomic E-state index is 12.3. The highest BCUT2D eigenvalue weighted by atomic mass is 16.5. The monoisotopic (exact) mass is 365 g/mol. The van der Waals surface area contributed by atoms with E-state index in [2.05, 4.69) is 5.32 Å². The van der Waals surface area contributed by atoms with Crippen molar-refractivity contribution >= 4 is 22.8 Å². The number of carbonyl (C=O) groups is 2. The van der Waals surface area contributed by atoms with Crippen LogP contribution in [0, 0.1) is 0 Å². The number of esters is 1. The van der Waals surface area contributed by atoms with E-state index in [0.29, 0.717) is 12.2 Å². The molecule has 3 aromatic rings. The lowest BCUT2D eigenvalue weighted by Gasteiger charge is -2.15. The molecule has 3 rings (SSSR count). The van der Waals surface area contributed by atoms with E-state index in [0.717, 1.165) is 16.5 Å². The van der Waals surface area contributed by atoms with Gasteiger partial charge in [-0.2, -0.15) is 0 Å². The van der Waals surface area contributed by atoms with E-state index < -0.39 is 5.97 Å². The summed E-state index contributed by atoms with van der Waals surface area (Å²) in [6, 6.07) is 18.7.